The average Bonchev–Trinajstić information content (AvgIpc) is 2.72. The van der Waals surface area contributed by atoms with E-state index in [9.17, 15) is 13.6 Å². The van der Waals surface area contributed by atoms with Crippen molar-refractivity contribution in [2.24, 2.45) is 0 Å². The molecule has 0 unspecified atom stereocenters. The summed E-state index contributed by atoms with van der Waals surface area (Å²) >= 11 is 3.34. The minimum atomic E-state index is -0.778. The van der Waals surface area contributed by atoms with E-state index in [2.05, 4.69) is 15.9 Å². The summed E-state index contributed by atoms with van der Waals surface area (Å²) in [5.74, 6) is -1.07. The van der Waals surface area contributed by atoms with Crippen molar-refractivity contribution in [1.29, 1.82) is 0 Å². The summed E-state index contributed by atoms with van der Waals surface area (Å²) in [7, 11) is 1.52. The summed E-state index contributed by atoms with van der Waals surface area (Å²) in [4.78, 5) is 12.3. The van der Waals surface area contributed by atoms with Crippen molar-refractivity contribution in [2.45, 2.75) is 6.61 Å². The third-order valence-corrected chi connectivity index (χ3v) is 4.67. The van der Waals surface area contributed by atoms with Crippen LogP contribution in [0, 0.1) is 11.6 Å². The van der Waals surface area contributed by atoms with Crippen LogP contribution in [0.2, 0.25) is 0 Å². The van der Waals surface area contributed by atoms with Crippen LogP contribution in [-0.2, 0) is 6.61 Å². The lowest BCUT2D eigenvalue weighted by Gasteiger charge is -2.12. The van der Waals surface area contributed by atoms with Crippen molar-refractivity contribution in [3.05, 3.63) is 99.5 Å². The first-order valence-electron chi connectivity index (χ1n) is 8.69. The minimum absolute atomic E-state index is 0.0219. The Labute approximate surface area is 175 Å². The van der Waals surface area contributed by atoms with E-state index in [1.54, 1.807) is 48.5 Å². The maximum atomic E-state index is 13.8. The lowest BCUT2D eigenvalue weighted by atomic mass is 10.1. The average molecular weight is 459 g/mol. The summed E-state index contributed by atoms with van der Waals surface area (Å²) in [5.41, 5.74) is 2.00. The SMILES string of the molecule is COc1ccc(/C=C/C(=O)c2ccc(Br)cc2)cc1COc1ccc(F)cc1F. The first-order valence-corrected chi connectivity index (χ1v) is 9.48. The second-order valence-electron chi connectivity index (χ2n) is 6.14. The van der Waals surface area contributed by atoms with Crippen LogP contribution in [0.5, 0.6) is 11.5 Å². The van der Waals surface area contributed by atoms with E-state index >= 15 is 0 Å². The molecule has 6 heteroatoms. The van der Waals surface area contributed by atoms with Gasteiger partial charge in [-0.3, -0.25) is 4.79 Å². The second-order valence-corrected chi connectivity index (χ2v) is 7.05. The van der Waals surface area contributed by atoms with Crippen LogP contribution in [0.1, 0.15) is 21.5 Å². The predicted molar refractivity (Wildman–Crippen MR) is 111 cm³/mol. The molecule has 3 nitrogen and oxygen atoms in total. The Morgan fingerprint density at radius 1 is 1.00 bits per heavy atom. The van der Waals surface area contributed by atoms with Gasteiger partial charge < -0.3 is 9.47 Å². The molecule has 0 heterocycles. The molecule has 0 aliphatic heterocycles. The van der Waals surface area contributed by atoms with Gasteiger partial charge in [-0.15, -0.1) is 0 Å². The highest BCUT2D eigenvalue weighted by atomic mass is 79.9. The van der Waals surface area contributed by atoms with Crippen LogP contribution in [-0.4, -0.2) is 12.9 Å². The molecule has 0 spiro atoms. The number of allylic oxidation sites excluding steroid dienone is 1. The molecule has 0 N–H and O–H groups in total. The lowest BCUT2D eigenvalue weighted by Crippen LogP contribution is -2.01. The number of halogens is 3. The summed E-state index contributed by atoms with van der Waals surface area (Å²) in [6, 6.07) is 15.5. The van der Waals surface area contributed by atoms with E-state index in [0.29, 0.717) is 16.9 Å². The number of carbonyl (C=O) groups is 1. The molecule has 0 aromatic heterocycles. The smallest absolute Gasteiger partial charge is 0.185 e. The molecule has 3 aromatic rings. The number of rotatable bonds is 7. The van der Waals surface area contributed by atoms with Gasteiger partial charge in [-0.1, -0.05) is 28.1 Å². The molecule has 0 saturated carbocycles. The van der Waals surface area contributed by atoms with Crippen LogP contribution >= 0.6 is 15.9 Å². The number of hydrogen-bond acceptors (Lipinski definition) is 3. The van der Waals surface area contributed by atoms with Gasteiger partial charge in [0.05, 0.1) is 7.11 Å². The molecular weight excluding hydrogens is 442 g/mol. The maximum Gasteiger partial charge on any atom is 0.185 e. The van der Waals surface area contributed by atoms with Gasteiger partial charge in [0, 0.05) is 21.7 Å². The second kappa shape index (κ2) is 9.47. The van der Waals surface area contributed by atoms with Crippen LogP contribution in [0.3, 0.4) is 0 Å². The first kappa shape index (κ1) is 20.7. The Bertz CT molecular complexity index is 1050. The molecule has 3 rings (SSSR count). The van der Waals surface area contributed by atoms with Crippen LogP contribution in [0.15, 0.2) is 71.2 Å². The fourth-order valence-electron chi connectivity index (χ4n) is 2.65. The minimum Gasteiger partial charge on any atom is -0.496 e. The van der Waals surface area contributed by atoms with Crippen molar-refractivity contribution in [1.82, 2.24) is 0 Å². The number of benzene rings is 3. The Morgan fingerprint density at radius 3 is 2.41 bits per heavy atom. The van der Waals surface area contributed by atoms with E-state index in [4.69, 9.17) is 9.47 Å². The standard InChI is InChI=1S/C23H17BrF2O3/c1-28-22-10-3-15(2-9-21(27)16-4-6-18(24)7-5-16)12-17(22)14-29-23-11-8-19(25)13-20(23)26/h2-13H,14H2,1H3/b9-2+. The number of carbonyl (C=O) groups excluding carboxylic acids is 1. The molecule has 0 atom stereocenters. The summed E-state index contributed by atoms with van der Waals surface area (Å²) in [6.07, 6.45) is 3.17. The van der Waals surface area contributed by atoms with Gasteiger partial charge >= 0.3 is 0 Å². The fourth-order valence-corrected chi connectivity index (χ4v) is 2.91. The van der Waals surface area contributed by atoms with E-state index in [0.717, 1.165) is 22.2 Å². The summed E-state index contributed by atoms with van der Waals surface area (Å²) in [6.45, 7) is 0.0219. The highest BCUT2D eigenvalue weighted by Gasteiger charge is 2.09. The van der Waals surface area contributed by atoms with Gasteiger partial charge in [0.2, 0.25) is 0 Å². The quantitative estimate of drug-likeness (QED) is 0.311. The van der Waals surface area contributed by atoms with Gasteiger partial charge in [0.1, 0.15) is 18.2 Å². The van der Waals surface area contributed by atoms with Gasteiger partial charge in [0.25, 0.3) is 0 Å². The molecule has 29 heavy (non-hydrogen) atoms. The molecule has 0 radical (unpaired) electrons. The molecule has 0 bridgehead atoms. The summed E-state index contributed by atoms with van der Waals surface area (Å²) < 4.78 is 38.5. The van der Waals surface area contributed by atoms with E-state index in [1.165, 1.54) is 19.3 Å². The molecule has 0 aliphatic carbocycles. The van der Waals surface area contributed by atoms with E-state index in [1.807, 2.05) is 0 Å². The van der Waals surface area contributed by atoms with Crippen molar-refractivity contribution in [3.63, 3.8) is 0 Å². The normalized spacial score (nSPS) is 10.9. The van der Waals surface area contributed by atoms with Crippen molar-refractivity contribution < 1.29 is 23.0 Å². The van der Waals surface area contributed by atoms with Gasteiger partial charge in [0.15, 0.2) is 17.3 Å². The highest BCUT2D eigenvalue weighted by molar-refractivity contribution is 9.10. The van der Waals surface area contributed by atoms with Gasteiger partial charge in [-0.25, -0.2) is 8.78 Å². The predicted octanol–water partition coefficient (Wildman–Crippen LogP) is 6.21. The van der Waals surface area contributed by atoms with Gasteiger partial charge in [-0.05, 0) is 60.2 Å². The monoisotopic (exact) mass is 458 g/mol. The summed E-state index contributed by atoms with van der Waals surface area (Å²) in [5, 5.41) is 0. The van der Waals surface area contributed by atoms with Crippen LogP contribution in [0.25, 0.3) is 6.08 Å². The molecule has 3 aromatic carbocycles. The Morgan fingerprint density at radius 2 is 1.72 bits per heavy atom. The molecule has 0 saturated heterocycles. The zero-order chi connectivity index (χ0) is 20.8. The Balaban J connectivity index is 1.75. The molecule has 0 amide bonds. The van der Waals surface area contributed by atoms with Crippen molar-refractivity contribution in [2.75, 3.05) is 7.11 Å². The third kappa shape index (κ3) is 5.51. The molecule has 0 aliphatic rings. The van der Waals surface area contributed by atoms with Crippen LogP contribution < -0.4 is 9.47 Å². The van der Waals surface area contributed by atoms with Crippen LogP contribution in [0.4, 0.5) is 8.78 Å². The Hall–Kier alpha value is -2.99. The van der Waals surface area contributed by atoms with Crippen molar-refractivity contribution >= 4 is 27.8 Å². The highest BCUT2D eigenvalue weighted by Crippen LogP contribution is 2.24. The van der Waals surface area contributed by atoms with E-state index in [-0.39, 0.29) is 18.1 Å². The number of methoxy groups -OCH3 is 1. The Kier molecular flexibility index (Phi) is 6.77. The zero-order valence-electron chi connectivity index (χ0n) is 15.5. The molecule has 148 valence electrons. The first-order chi connectivity index (χ1) is 14.0. The largest absolute Gasteiger partial charge is 0.496 e. The fraction of sp³-hybridized carbons (Fsp3) is 0.0870. The zero-order valence-corrected chi connectivity index (χ0v) is 17.1. The topological polar surface area (TPSA) is 35.5 Å². The molecule has 0 fully saturated rings. The maximum absolute atomic E-state index is 13.8. The van der Waals surface area contributed by atoms with E-state index < -0.39 is 11.6 Å². The number of ketones is 1. The number of ether oxygens (including phenoxy) is 2. The molecular formula is C23H17BrF2O3. The third-order valence-electron chi connectivity index (χ3n) is 4.14. The lowest BCUT2D eigenvalue weighted by molar-refractivity contribution is 0.104. The van der Waals surface area contributed by atoms with Gasteiger partial charge in [-0.2, -0.15) is 0 Å². The van der Waals surface area contributed by atoms with Crippen molar-refractivity contribution in [3.8, 4) is 11.5 Å². The number of hydrogen-bond donors (Lipinski definition) is 0.